The number of fused-ring (bicyclic) bond motifs is 1. The SMILES string of the molecule is CCOC(=O)C1=C(C)N=c2s/c(=C\c3cc(Br)cc(OC)c3OCc3ccc([N+](=O)[O-])cc3)c(=O)n2[C@H]1c1ccccc1Cl. The summed E-state index contributed by atoms with van der Waals surface area (Å²) in [6.07, 6.45) is 1.68. The molecule has 226 valence electrons. The zero-order valence-electron chi connectivity index (χ0n) is 23.7. The third-order valence-corrected chi connectivity index (χ3v) is 8.59. The molecule has 1 aliphatic heterocycles. The van der Waals surface area contributed by atoms with Crippen molar-refractivity contribution in [1.82, 2.24) is 4.57 Å². The average molecular weight is 699 g/mol. The smallest absolute Gasteiger partial charge is 0.338 e. The topological polar surface area (TPSA) is 122 Å². The van der Waals surface area contributed by atoms with Gasteiger partial charge in [-0.15, -0.1) is 0 Å². The van der Waals surface area contributed by atoms with Crippen molar-refractivity contribution in [3.05, 3.63) is 128 Å². The molecule has 3 aromatic carbocycles. The molecule has 4 aromatic rings. The molecule has 0 bridgehead atoms. The predicted octanol–water partition coefficient (Wildman–Crippen LogP) is 5.71. The van der Waals surface area contributed by atoms with Gasteiger partial charge >= 0.3 is 5.97 Å². The first-order chi connectivity index (χ1) is 21.1. The van der Waals surface area contributed by atoms with Crippen LogP contribution in [0.15, 0.2) is 86.2 Å². The van der Waals surface area contributed by atoms with Gasteiger partial charge in [-0.3, -0.25) is 19.5 Å². The quantitative estimate of drug-likeness (QED) is 0.125. The molecule has 1 aliphatic rings. The van der Waals surface area contributed by atoms with Crippen molar-refractivity contribution < 1.29 is 23.9 Å². The summed E-state index contributed by atoms with van der Waals surface area (Å²) in [6.45, 7) is 3.66. The van der Waals surface area contributed by atoms with Crippen LogP contribution in [0.4, 0.5) is 5.69 Å². The maximum absolute atomic E-state index is 14.1. The molecule has 13 heteroatoms. The van der Waals surface area contributed by atoms with Crippen LogP contribution < -0.4 is 24.4 Å². The third-order valence-electron chi connectivity index (χ3n) is 6.80. The summed E-state index contributed by atoms with van der Waals surface area (Å²) in [4.78, 5) is 42.8. The second-order valence-electron chi connectivity index (χ2n) is 9.56. The Hall–Kier alpha value is -4.26. The Balaban J connectivity index is 1.64. The predicted molar refractivity (Wildman–Crippen MR) is 170 cm³/mol. The molecular formula is C31H25BrClN3O7S. The zero-order valence-corrected chi connectivity index (χ0v) is 26.9. The number of methoxy groups -OCH3 is 1. The summed E-state index contributed by atoms with van der Waals surface area (Å²) >= 11 is 11.3. The lowest BCUT2D eigenvalue weighted by atomic mass is 9.96. The van der Waals surface area contributed by atoms with Crippen LogP contribution in [0.2, 0.25) is 5.02 Å². The van der Waals surface area contributed by atoms with Crippen LogP contribution in [0.25, 0.3) is 6.08 Å². The van der Waals surface area contributed by atoms with Gasteiger partial charge in [-0.05, 0) is 61.4 Å². The van der Waals surface area contributed by atoms with Crippen molar-refractivity contribution in [1.29, 1.82) is 0 Å². The standard InChI is InChI=1S/C31H25BrClN3O7S/c1-4-42-30(38)26-17(2)34-31-35(27(26)22-7-5-6-8-23(22)33)29(37)25(44-31)14-19-13-20(32)15-24(41-3)28(19)43-16-18-9-11-21(12-10-18)36(39)40/h5-15,27H,4,16H2,1-3H3/b25-14-/t27-/m0/s1. The maximum Gasteiger partial charge on any atom is 0.338 e. The van der Waals surface area contributed by atoms with Crippen molar-refractivity contribution in [2.75, 3.05) is 13.7 Å². The summed E-state index contributed by atoms with van der Waals surface area (Å²) in [5, 5.41) is 11.4. The highest BCUT2D eigenvalue weighted by Crippen LogP contribution is 2.37. The lowest BCUT2D eigenvalue weighted by Crippen LogP contribution is -2.40. The van der Waals surface area contributed by atoms with Crippen molar-refractivity contribution in [3.8, 4) is 11.5 Å². The Morgan fingerprint density at radius 1 is 1.20 bits per heavy atom. The van der Waals surface area contributed by atoms with E-state index in [1.54, 1.807) is 68.5 Å². The number of carbonyl (C=O) groups is 1. The second kappa shape index (κ2) is 13.2. The number of thiazole rings is 1. The monoisotopic (exact) mass is 697 g/mol. The summed E-state index contributed by atoms with van der Waals surface area (Å²) in [5.74, 6) is 0.201. The Kier molecular flexibility index (Phi) is 9.33. The van der Waals surface area contributed by atoms with Crippen LogP contribution in [0, 0.1) is 10.1 Å². The van der Waals surface area contributed by atoms with E-state index >= 15 is 0 Å². The van der Waals surface area contributed by atoms with Gasteiger partial charge in [-0.25, -0.2) is 9.79 Å². The number of halogens is 2. The van der Waals surface area contributed by atoms with Gasteiger partial charge in [-0.2, -0.15) is 0 Å². The fraction of sp³-hybridized carbons (Fsp3) is 0.194. The van der Waals surface area contributed by atoms with Crippen LogP contribution in [0.5, 0.6) is 11.5 Å². The fourth-order valence-corrected chi connectivity index (χ4v) is 6.53. The Morgan fingerprint density at radius 3 is 2.59 bits per heavy atom. The maximum atomic E-state index is 14.1. The van der Waals surface area contributed by atoms with E-state index in [9.17, 15) is 19.7 Å². The number of hydrogen-bond acceptors (Lipinski definition) is 9. The molecule has 0 N–H and O–H groups in total. The zero-order chi connectivity index (χ0) is 31.5. The number of carbonyl (C=O) groups excluding carboxylic acids is 1. The molecule has 0 unspecified atom stereocenters. The van der Waals surface area contributed by atoms with Crippen molar-refractivity contribution >= 4 is 56.6 Å². The van der Waals surface area contributed by atoms with Crippen LogP contribution in [-0.4, -0.2) is 29.2 Å². The number of nitro groups is 1. The van der Waals surface area contributed by atoms with E-state index in [0.717, 1.165) is 11.3 Å². The van der Waals surface area contributed by atoms with E-state index in [4.69, 9.17) is 25.8 Å². The van der Waals surface area contributed by atoms with Gasteiger partial charge in [0.1, 0.15) is 12.6 Å². The van der Waals surface area contributed by atoms with Gasteiger partial charge in [0, 0.05) is 27.2 Å². The number of allylic oxidation sites excluding steroid dienone is 1. The Labute approximate surface area is 268 Å². The molecular weight excluding hydrogens is 674 g/mol. The highest BCUT2D eigenvalue weighted by Gasteiger charge is 2.34. The highest BCUT2D eigenvalue weighted by atomic mass is 79.9. The largest absolute Gasteiger partial charge is 0.493 e. The van der Waals surface area contributed by atoms with Crippen LogP contribution in [0.1, 0.15) is 36.6 Å². The van der Waals surface area contributed by atoms with Crippen LogP contribution in [0.3, 0.4) is 0 Å². The minimum Gasteiger partial charge on any atom is -0.493 e. The van der Waals surface area contributed by atoms with E-state index in [1.165, 1.54) is 23.8 Å². The first-order valence-electron chi connectivity index (χ1n) is 13.3. The number of benzene rings is 3. The molecule has 44 heavy (non-hydrogen) atoms. The number of esters is 1. The van der Waals surface area contributed by atoms with Crippen LogP contribution >= 0.6 is 38.9 Å². The minimum atomic E-state index is -0.851. The molecule has 0 aliphatic carbocycles. The number of rotatable bonds is 9. The van der Waals surface area contributed by atoms with Gasteiger partial charge in [-0.1, -0.05) is 57.1 Å². The van der Waals surface area contributed by atoms with Crippen LogP contribution in [-0.2, 0) is 16.1 Å². The highest BCUT2D eigenvalue weighted by molar-refractivity contribution is 9.10. The summed E-state index contributed by atoms with van der Waals surface area (Å²) in [5.41, 5.74) is 2.06. The van der Waals surface area contributed by atoms with Crippen molar-refractivity contribution in [2.45, 2.75) is 26.5 Å². The molecule has 5 rings (SSSR count). The third kappa shape index (κ3) is 6.19. The Morgan fingerprint density at radius 2 is 1.93 bits per heavy atom. The molecule has 0 saturated carbocycles. The average Bonchev–Trinajstić information content (AvgIpc) is 3.30. The van der Waals surface area contributed by atoms with Gasteiger partial charge in [0.15, 0.2) is 16.3 Å². The molecule has 2 heterocycles. The van der Waals surface area contributed by atoms with Gasteiger partial charge in [0.2, 0.25) is 0 Å². The molecule has 1 atom stereocenters. The molecule has 10 nitrogen and oxygen atoms in total. The second-order valence-corrected chi connectivity index (χ2v) is 11.9. The number of ether oxygens (including phenoxy) is 3. The van der Waals surface area contributed by atoms with E-state index in [2.05, 4.69) is 20.9 Å². The molecule has 0 fully saturated rings. The fourth-order valence-electron chi connectivity index (χ4n) is 4.80. The van der Waals surface area contributed by atoms with E-state index in [-0.39, 0.29) is 30.0 Å². The molecule has 1 aromatic heterocycles. The summed E-state index contributed by atoms with van der Waals surface area (Å²) < 4.78 is 19.6. The number of non-ortho nitro benzene ring substituents is 1. The summed E-state index contributed by atoms with van der Waals surface area (Å²) in [7, 11) is 1.50. The van der Waals surface area contributed by atoms with E-state index in [1.807, 2.05) is 0 Å². The van der Waals surface area contributed by atoms with E-state index in [0.29, 0.717) is 52.7 Å². The van der Waals surface area contributed by atoms with Crippen molar-refractivity contribution in [3.63, 3.8) is 0 Å². The molecule has 0 spiro atoms. The lowest BCUT2D eigenvalue weighted by Gasteiger charge is -2.25. The first-order valence-corrected chi connectivity index (χ1v) is 15.3. The lowest BCUT2D eigenvalue weighted by molar-refractivity contribution is -0.384. The minimum absolute atomic E-state index is 0.0255. The molecule has 0 radical (unpaired) electrons. The normalized spacial score (nSPS) is 14.6. The van der Waals surface area contributed by atoms with E-state index < -0.39 is 16.9 Å². The molecule has 0 saturated heterocycles. The number of nitrogens with zero attached hydrogens (tertiary/aromatic N) is 3. The van der Waals surface area contributed by atoms with Gasteiger partial charge in [0.25, 0.3) is 11.2 Å². The van der Waals surface area contributed by atoms with Crippen molar-refractivity contribution in [2.24, 2.45) is 4.99 Å². The molecule has 0 amide bonds. The van der Waals surface area contributed by atoms with Gasteiger partial charge < -0.3 is 14.2 Å². The first kappa shape index (κ1) is 31.2. The number of hydrogen-bond donors (Lipinski definition) is 0. The number of aromatic nitrogens is 1. The Bertz CT molecular complexity index is 1990. The number of nitro benzene ring substituents is 1. The van der Waals surface area contributed by atoms with Gasteiger partial charge in [0.05, 0.1) is 34.4 Å². The summed E-state index contributed by atoms with van der Waals surface area (Å²) in [6, 6.07) is 15.7.